The maximum absolute atomic E-state index is 12.1. The van der Waals surface area contributed by atoms with E-state index in [1.807, 2.05) is 13.8 Å². The molecule has 0 aromatic rings. The first-order chi connectivity index (χ1) is 8.44. The van der Waals surface area contributed by atoms with Crippen molar-refractivity contribution in [2.45, 2.75) is 52.5 Å². The first-order valence-electron chi connectivity index (χ1n) is 7.48. The van der Waals surface area contributed by atoms with Gasteiger partial charge in [0.05, 0.1) is 0 Å². The minimum Gasteiger partial charge on any atom is -0.341 e. The van der Waals surface area contributed by atoms with Crippen LogP contribution in [0.1, 0.15) is 47.0 Å². The Morgan fingerprint density at radius 1 is 1.17 bits per heavy atom. The molecule has 3 heteroatoms. The van der Waals surface area contributed by atoms with Gasteiger partial charge < -0.3 is 4.90 Å². The monoisotopic (exact) mass is 252 g/mol. The van der Waals surface area contributed by atoms with Crippen LogP contribution >= 0.6 is 0 Å². The molecule has 0 saturated carbocycles. The molecule has 0 radical (unpaired) electrons. The van der Waals surface area contributed by atoms with Crippen molar-refractivity contribution in [1.29, 1.82) is 0 Å². The van der Waals surface area contributed by atoms with Gasteiger partial charge in [-0.05, 0) is 31.7 Å². The number of hydrogen-bond donors (Lipinski definition) is 0. The van der Waals surface area contributed by atoms with Crippen LogP contribution < -0.4 is 0 Å². The lowest BCUT2D eigenvalue weighted by molar-refractivity contribution is -0.133. The van der Waals surface area contributed by atoms with Crippen molar-refractivity contribution in [1.82, 2.24) is 9.80 Å². The molecule has 18 heavy (non-hydrogen) atoms. The number of rotatable bonds is 3. The van der Waals surface area contributed by atoms with Crippen LogP contribution in [0.2, 0.25) is 0 Å². The van der Waals surface area contributed by atoms with Crippen molar-refractivity contribution >= 4 is 5.91 Å². The Balaban J connectivity index is 2.03. The molecule has 2 rings (SSSR count). The van der Waals surface area contributed by atoms with Gasteiger partial charge in [-0.2, -0.15) is 0 Å². The molecule has 0 N–H and O–H groups in total. The molecule has 1 unspecified atom stereocenters. The van der Waals surface area contributed by atoms with E-state index in [1.165, 1.54) is 32.4 Å². The Kier molecular flexibility index (Phi) is 4.00. The lowest BCUT2D eigenvalue weighted by atomic mass is 9.94. The van der Waals surface area contributed by atoms with Crippen LogP contribution in [0.3, 0.4) is 0 Å². The molecular weight excluding hydrogens is 224 g/mol. The molecule has 2 heterocycles. The summed E-state index contributed by atoms with van der Waals surface area (Å²) in [4.78, 5) is 16.9. The van der Waals surface area contributed by atoms with Crippen LogP contribution in [0.15, 0.2) is 0 Å². The first-order valence-corrected chi connectivity index (χ1v) is 7.48. The minimum absolute atomic E-state index is 0.139. The van der Waals surface area contributed by atoms with Gasteiger partial charge in [0.25, 0.3) is 0 Å². The maximum atomic E-state index is 12.1. The molecule has 104 valence electrons. The van der Waals surface area contributed by atoms with Gasteiger partial charge in [0.2, 0.25) is 5.91 Å². The molecule has 2 fully saturated rings. The van der Waals surface area contributed by atoms with Gasteiger partial charge in [0.15, 0.2) is 0 Å². The van der Waals surface area contributed by atoms with E-state index in [-0.39, 0.29) is 5.92 Å². The number of likely N-dealkylation sites (tertiary alicyclic amines) is 2. The quantitative estimate of drug-likeness (QED) is 0.770. The normalized spacial score (nSPS) is 29.1. The third kappa shape index (κ3) is 2.56. The number of hydrogen-bond acceptors (Lipinski definition) is 2. The minimum atomic E-state index is 0.139. The van der Waals surface area contributed by atoms with Crippen molar-refractivity contribution in [3.8, 4) is 0 Å². The van der Waals surface area contributed by atoms with E-state index < -0.39 is 0 Å². The topological polar surface area (TPSA) is 23.6 Å². The molecular formula is C15H28N2O. The van der Waals surface area contributed by atoms with Crippen molar-refractivity contribution in [2.75, 3.05) is 26.2 Å². The van der Waals surface area contributed by atoms with Crippen LogP contribution in [0, 0.1) is 11.8 Å². The van der Waals surface area contributed by atoms with Gasteiger partial charge in [0.1, 0.15) is 0 Å². The van der Waals surface area contributed by atoms with Gasteiger partial charge >= 0.3 is 0 Å². The number of carbonyl (C=O) groups excluding carboxylic acids is 1. The summed E-state index contributed by atoms with van der Waals surface area (Å²) in [6.45, 7) is 12.9. The zero-order valence-electron chi connectivity index (χ0n) is 12.4. The van der Waals surface area contributed by atoms with Crippen LogP contribution in [0.4, 0.5) is 0 Å². The van der Waals surface area contributed by atoms with Crippen LogP contribution in [-0.4, -0.2) is 47.4 Å². The molecule has 2 aliphatic rings. The zero-order chi connectivity index (χ0) is 13.3. The van der Waals surface area contributed by atoms with E-state index in [0.717, 1.165) is 19.0 Å². The Labute approximate surface area is 112 Å². The fourth-order valence-electron chi connectivity index (χ4n) is 3.59. The van der Waals surface area contributed by atoms with Gasteiger partial charge in [-0.3, -0.25) is 9.69 Å². The largest absolute Gasteiger partial charge is 0.341 e. The van der Waals surface area contributed by atoms with Gasteiger partial charge in [-0.15, -0.1) is 0 Å². The highest BCUT2D eigenvalue weighted by molar-refractivity contribution is 5.78. The lowest BCUT2D eigenvalue weighted by Gasteiger charge is -2.36. The zero-order valence-corrected chi connectivity index (χ0v) is 12.4. The summed E-state index contributed by atoms with van der Waals surface area (Å²) < 4.78 is 0. The predicted molar refractivity (Wildman–Crippen MR) is 74.4 cm³/mol. The third-order valence-electron chi connectivity index (χ3n) is 4.46. The summed E-state index contributed by atoms with van der Waals surface area (Å²) in [5.74, 6) is 1.19. The second-order valence-electron chi connectivity index (χ2n) is 6.83. The molecule has 3 nitrogen and oxygen atoms in total. The fourth-order valence-corrected chi connectivity index (χ4v) is 3.59. The first kappa shape index (κ1) is 13.9. The molecule has 1 spiro atoms. The Hall–Kier alpha value is -0.570. The summed E-state index contributed by atoms with van der Waals surface area (Å²) in [5, 5.41) is 0. The van der Waals surface area contributed by atoms with Crippen molar-refractivity contribution in [3.05, 3.63) is 0 Å². The highest BCUT2D eigenvalue weighted by Gasteiger charge is 2.47. The van der Waals surface area contributed by atoms with Crippen LogP contribution in [0.5, 0.6) is 0 Å². The molecule has 0 bridgehead atoms. The number of amides is 1. The smallest absolute Gasteiger partial charge is 0.225 e. The van der Waals surface area contributed by atoms with E-state index in [9.17, 15) is 4.79 Å². The SMILES string of the molecule is CC(C)CN1CCCC12CCN(C(=O)C(C)C)C2. The van der Waals surface area contributed by atoms with Gasteiger partial charge in [-0.25, -0.2) is 0 Å². The van der Waals surface area contributed by atoms with Crippen molar-refractivity contribution in [2.24, 2.45) is 11.8 Å². The average molecular weight is 252 g/mol. The van der Waals surface area contributed by atoms with Crippen molar-refractivity contribution < 1.29 is 4.79 Å². The fraction of sp³-hybridized carbons (Fsp3) is 0.933. The maximum Gasteiger partial charge on any atom is 0.225 e. The second-order valence-corrected chi connectivity index (χ2v) is 6.83. The van der Waals surface area contributed by atoms with E-state index in [2.05, 4.69) is 23.6 Å². The van der Waals surface area contributed by atoms with E-state index >= 15 is 0 Å². The van der Waals surface area contributed by atoms with Gasteiger partial charge in [-0.1, -0.05) is 27.7 Å². The molecule has 1 amide bonds. The molecule has 0 aliphatic carbocycles. The standard InChI is InChI=1S/C15H28N2O/c1-12(2)10-17-8-5-6-15(17)7-9-16(11-15)14(18)13(3)4/h12-13H,5-11H2,1-4H3. The van der Waals surface area contributed by atoms with Crippen LogP contribution in [0.25, 0.3) is 0 Å². The molecule has 0 aromatic carbocycles. The highest BCUT2D eigenvalue weighted by Crippen LogP contribution is 2.38. The van der Waals surface area contributed by atoms with E-state index in [4.69, 9.17) is 0 Å². The van der Waals surface area contributed by atoms with Crippen LogP contribution in [-0.2, 0) is 4.79 Å². The summed E-state index contributed by atoms with van der Waals surface area (Å²) in [6, 6.07) is 0. The second kappa shape index (κ2) is 5.20. The summed E-state index contributed by atoms with van der Waals surface area (Å²) in [5.41, 5.74) is 0.314. The Bertz CT molecular complexity index is 314. The molecule has 0 aromatic heterocycles. The summed E-state index contributed by atoms with van der Waals surface area (Å²) >= 11 is 0. The third-order valence-corrected chi connectivity index (χ3v) is 4.46. The lowest BCUT2D eigenvalue weighted by Crippen LogP contribution is -2.48. The molecule has 2 saturated heterocycles. The Morgan fingerprint density at radius 2 is 1.89 bits per heavy atom. The summed E-state index contributed by atoms with van der Waals surface area (Å²) in [7, 11) is 0. The van der Waals surface area contributed by atoms with Crippen molar-refractivity contribution in [3.63, 3.8) is 0 Å². The number of nitrogens with zero attached hydrogens (tertiary/aromatic N) is 2. The average Bonchev–Trinajstić information content (AvgIpc) is 2.87. The summed E-state index contributed by atoms with van der Waals surface area (Å²) in [6.07, 6.45) is 3.76. The van der Waals surface area contributed by atoms with E-state index in [0.29, 0.717) is 11.4 Å². The highest BCUT2D eigenvalue weighted by atomic mass is 16.2. The van der Waals surface area contributed by atoms with E-state index in [1.54, 1.807) is 0 Å². The molecule has 2 aliphatic heterocycles. The predicted octanol–water partition coefficient (Wildman–Crippen LogP) is 2.37. The Morgan fingerprint density at radius 3 is 2.50 bits per heavy atom. The number of carbonyl (C=O) groups is 1. The van der Waals surface area contributed by atoms with Gasteiger partial charge in [0, 0.05) is 31.1 Å². The molecule has 1 atom stereocenters.